The van der Waals surface area contributed by atoms with Crippen LogP contribution in [0.15, 0.2) is 42.7 Å². The molecule has 3 N–H and O–H groups in total. The predicted octanol–water partition coefficient (Wildman–Crippen LogP) is 1.91. The zero-order valence-corrected chi connectivity index (χ0v) is 13.0. The fraction of sp³-hybridized carbons (Fsp3) is 0.125. The monoisotopic (exact) mass is 321 g/mol. The zero-order chi connectivity index (χ0) is 16.5. The van der Waals surface area contributed by atoms with Crippen molar-refractivity contribution in [2.75, 3.05) is 5.73 Å². The van der Waals surface area contributed by atoms with Gasteiger partial charge in [0.15, 0.2) is 11.3 Å². The molecule has 0 unspecified atom stereocenters. The fourth-order valence-electron chi connectivity index (χ4n) is 2.51. The van der Waals surface area contributed by atoms with Crippen molar-refractivity contribution in [3.8, 4) is 16.9 Å². The van der Waals surface area contributed by atoms with Gasteiger partial charge in [0.2, 0.25) is 5.65 Å². The van der Waals surface area contributed by atoms with E-state index in [0.29, 0.717) is 29.3 Å². The second-order valence-electron chi connectivity index (χ2n) is 5.43. The number of fused-ring (bicyclic) bond motifs is 1. The van der Waals surface area contributed by atoms with Crippen LogP contribution in [-0.2, 0) is 13.7 Å². The van der Waals surface area contributed by atoms with Gasteiger partial charge in [0.1, 0.15) is 12.4 Å². The number of rotatable bonds is 4. The Labute approximate surface area is 137 Å². The van der Waals surface area contributed by atoms with Crippen LogP contribution in [0.4, 0.5) is 5.82 Å². The summed E-state index contributed by atoms with van der Waals surface area (Å²) in [6.45, 7) is 0.388. The molecule has 0 saturated heterocycles. The van der Waals surface area contributed by atoms with Gasteiger partial charge in [0.05, 0.1) is 6.20 Å². The van der Waals surface area contributed by atoms with E-state index in [9.17, 15) is 0 Å². The van der Waals surface area contributed by atoms with Crippen LogP contribution in [0.1, 0.15) is 5.56 Å². The zero-order valence-electron chi connectivity index (χ0n) is 13.0. The number of pyridine rings is 1. The first-order valence-electron chi connectivity index (χ1n) is 7.37. The number of benzene rings is 1. The molecule has 0 aliphatic carbocycles. The number of nitrogen functional groups attached to an aromatic ring is 1. The number of nitrogens with one attached hydrogen (secondary N) is 1. The Morgan fingerprint density at radius 1 is 1.21 bits per heavy atom. The lowest BCUT2D eigenvalue weighted by molar-refractivity contribution is 0.309. The van der Waals surface area contributed by atoms with Crippen LogP contribution in [-0.4, -0.2) is 30.2 Å². The maximum atomic E-state index is 5.88. The number of hydrogen-bond donors (Lipinski definition) is 2. The number of aromatic amines is 1. The summed E-state index contributed by atoms with van der Waals surface area (Å²) in [5.74, 6) is 0.897. The Hall–Kier alpha value is -3.42. The molecule has 0 fully saturated rings. The van der Waals surface area contributed by atoms with Crippen molar-refractivity contribution < 1.29 is 4.74 Å². The summed E-state index contributed by atoms with van der Waals surface area (Å²) >= 11 is 0. The van der Waals surface area contributed by atoms with Crippen LogP contribution in [0.2, 0.25) is 0 Å². The molecule has 24 heavy (non-hydrogen) atoms. The van der Waals surface area contributed by atoms with Crippen molar-refractivity contribution in [1.29, 1.82) is 0 Å². The molecule has 0 radical (unpaired) electrons. The van der Waals surface area contributed by atoms with E-state index in [-0.39, 0.29) is 0 Å². The van der Waals surface area contributed by atoms with Crippen LogP contribution >= 0.6 is 0 Å². The largest absolute Gasteiger partial charge is 0.486 e. The number of aromatic nitrogens is 6. The van der Waals surface area contributed by atoms with Crippen LogP contribution < -0.4 is 10.5 Å². The molecule has 0 amide bonds. The first-order chi connectivity index (χ1) is 11.7. The fourth-order valence-corrected chi connectivity index (χ4v) is 2.51. The number of nitrogens with two attached hydrogens (primary N) is 1. The topological polar surface area (TPSA) is 108 Å². The molecule has 0 saturated carbocycles. The maximum Gasteiger partial charge on any atom is 0.207 e. The molecule has 3 aromatic heterocycles. The van der Waals surface area contributed by atoms with Crippen molar-refractivity contribution in [3.63, 3.8) is 0 Å². The maximum absolute atomic E-state index is 5.88. The van der Waals surface area contributed by atoms with Gasteiger partial charge in [0.25, 0.3) is 0 Å². The minimum absolute atomic E-state index is 0.343. The Bertz CT molecular complexity index is 1000. The first-order valence-corrected chi connectivity index (χ1v) is 7.37. The Kier molecular flexibility index (Phi) is 3.34. The van der Waals surface area contributed by atoms with Gasteiger partial charge < -0.3 is 10.5 Å². The average Bonchev–Trinajstić information content (AvgIpc) is 3.21. The minimum atomic E-state index is 0.343. The molecule has 1 aromatic carbocycles. The summed E-state index contributed by atoms with van der Waals surface area (Å²) in [5.41, 5.74) is 9.96. The average molecular weight is 321 g/mol. The Morgan fingerprint density at radius 2 is 2.12 bits per heavy atom. The third-order valence-corrected chi connectivity index (χ3v) is 3.64. The number of ether oxygens (including phenoxy) is 1. The van der Waals surface area contributed by atoms with Crippen LogP contribution in [0.3, 0.4) is 0 Å². The van der Waals surface area contributed by atoms with Gasteiger partial charge in [-0.25, -0.2) is 4.98 Å². The van der Waals surface area contributed by atoms with Crippen LogP contribution in [0.5, 0.6) is 5.75 Å². The summed E-state index contributed by atoms with van der Waals surface area (Å²) < 4.78 is 7.65. The lowest BCUT2D eigenvalue weighted by Gasteiger charge is -2.08. The van der Waals surface area contributed by atoms with Gasteiger partial charge in [0, 0.05) is 24.9 Å². The molecule has 0 bridgehead atoms. The van der Waals surface area contributed by atoms with Gasteiger partial charge in [-0.15, -0.1) is 5.10 Å². The molecule has 8 nitrogen and oxygen atoms in total. The smallest absolute Gasteiger partial charge is 0.207 e. The van der Waals surface area contributed by atoms with E-state index in [1.165, 1.54) is 0 Å². The van der Waals surface area contributed by atoms with E-state index in [0.717, 1.165) is 16.7 Å². The molecule has 4 rings (SSSR count). The minimum Gasteiger partial charge on any atom is -0.486 e. The third kappa shape index (κ3) is 2.65. The van der Waals surface area contributed by atoms with Crippen LogP contribution in [0, 0.1) is 0 Å². The van der Waals surface area contributed by atoms with E-state index >= 15 is 0 Å². The molecule has 0 atom stereocenters. The number of nitrogens with zero attached hydrogens (tertiary/aromatic N) is 5. The summed E-state index contributed by atoms with van der Waals surface area (Å²) in [6, 6.07) is 9.76. The summed E-state index contributed by atoms with van der Waals surface area (Å²) in [7, 11) is 1.90. The van der Waals surface area contributed by atoms with Crippen molar-refractivity contribution in [3.05, 3.63) is 48.3 Å². The number of H-pyrrole nitrogens is 1. The molecule has 3 heterocycles. The summed E-state index contributed by atoms with van der Waals surface area (Å²) in [6.07, 6.45) is 3.81. The quantitative estimate of drug-likeness (QED) is 0.594. The second-order valence-corrected chi connectivity index (χ2v) is 5.43. The SMILES string of the molecule is Cn1cc(-c2cccc(COc3cc(N)nc4n[nH]nc34)c2)cn1. The lowest BCUT2D eigenvalue weighted by Crippen LogP contribution is -1.99. The van der Waals surface area contributed by atoms with Gasteiger partial charge in [-0.1, -0.05) is 18.2 Å². The highest BCUT2D eigenvalue weighted by Gasteiger charge is 2.10. The molecule has 8 heteroatoms. The molecular weight excluding hydrogens is 306 g/mol. The predicted molar refractivity (Wildman–Crippen MR) is 89.1 cm³/mol. The summed E-state index contributed by atoms with van der Waals surface area (Å²) in [4.78, 5) is 4.09. The third-order valence-electron chi connectivity index (χ3n) is 3.64. The molecule has 0 aliphatic rings. The highest BCUT2D eigenvalue weighted by molar-refractivity contribution is 5.78. The molecular formula is C16H15N7O. The summed E-state index contributed by atoms with van der Waals surface area (Å²) in [5, 5.41) is 14.7. The van der Waals surface area contributed by atoms with Crippen LogP contribution in [0.25, 0.3) is 22.3 Å². The second kappa shape index (κ2) is 5.65. The first kappa shape index (κ1) is 14.2. The van der Waals surface area contributed by atoms with E-state index < -0.39 is 0 Å². The highest BCUT2D eigenvalue weighted by Crippen LogP contribution is 2.25. The number of hydrogen-bond acceptors (Lipinski definition) is 6. The van der Waals surface area contributed by atoms with E-state index in [1.807, 2.05) is 37.6 Å². The van der Waals surface area contributed by atoms with Crippen molar-refractivity contribution >= 4 is 17.0 Å². The Balaban J connectivity index is 1.58. The van der Waals surface area contributed by atoms with Gasteiger partial charge in [-0.2, -0.15) is 15.4 Å². The molecule has 120 valence electrons. The lowest BCUT2D eigenvalue weighted by atomic mass is 10.1. The van der Waals surface area contributed by atoms with E-state index in [4.69, 9.17) is 10.5 Å². The van der Waals surface area contributed by atoms with Gasteiger partial charge in [-0.05, 0) is 17.2 Å². The normalized spacial score (nSPS) is 11.0. The van der Waals surface area contributed by atoms with E-state index in [2.05, 4.69) is 31.6 Å². The van der Waals surface area contributed by atoms with Gasteiger partial charge in [-0.3, -0.25) is 4.68 Å². The number of aryl methyl sites for hydroxylation is 1. The van der Waals surface area contributed by atoms with Gasteiger partial charge >= 0.3 is 0 Å². The molecule has 0 spiro atoms. The molecule has 4 aromatic rings. The van der Waals surface area contributed by atoms with Crippen molar-refractivity contribution in [2.24, 2.45) is 7.05 Å². The van der Waals surface area contributed by atoms with Crippen molar-refractivity contribution in [2.45, 2.75) is 6.61 Å². The van der Waals surface area contributed by atoms with E-state index in [1.54, 1.807) is 10.7 Å². The van der Waals surface area contributed by atoms with Crippen molar-refractivity contribution in [1.82, 2.24) is 30.2 Å². The highest BCUT2D eigenvalue weighted by atomic mass is 16.5. The standard InChI is InChI=1S/C16H15N7O/c1-23-8-12(7-18-23)11-4-2-3-10(5-11)9-24-13-6-14(17)19-16-15(13)20-22-21-16/h2-8H,9H2,1H3,(H3,17,19,20,21,22). The Morgan fingerprint density at radius 3 is 2.96 bits per heavy atom. The molecule has 0 aliphatic heterocycles. The number of anilines is 1.